The second-order valence-electron chi connectivity index (χ2n) is 4.18. The van der Waals surface area contributed by atoms with Crippen molar-refractivity contribution in [2.24, 2.45) is 0 Å². The van der Waals surface area contributed by atoms with E-state index in [2.05, 4.69) is 28.5 Å². The summed E-state index contributed by atoms with van der Waals surface area (Å²) in [5.74, 6) is 0. The summed E-state index contributed by atoms with van der Waals surface area (Å²) < 4.78 is 5.21. The molecule has 0 aliphatic carbocycles. The number of hydrogen-bond acceptors (Lipinski definition) is 3. The van der Waals surface area contributed by atoms with Crippen LogP contribution in [0.15, 0.2) is 71.6 Å². The highest BCUT2D eigenvalue weighted by molar-refractivity contribution is 6.03. The first-order valence-electron chi connectivity index (χ1n) is 6.21. The lowest BCUT2D eigenvalue weighted by Gasteiger charge is -1.95. The minimum atomic E-state index is 0.846. The minimum absolute atomic E-state index is 0.846. The van der Waals surface area contributed by atoms with Gasteiger partial charge in [0.1, 0.15) is 5.52 Å². The predicted octanol–water partition coefficient (Wildman–Crippen LogP) is 3.64. The first kappa shape index (κ1) is 11.5. The van der Waals surface area contributed by atoms with Gasteiger partial charge in [0, 0.05) is 11.9 Å². The Bertz CT molecular complexity index is 728. The van der Waals surface area contributed by atoms with Crippen LogP contribution < -0.4 is 5.32 Å². The molecule has 0 radical (unpaired) electrons. The predicted molar refractivity (Wildman–Crippen MR) is 77.8 cm³/mol. The summed E-state index contributed by atoms with van der Waals surface area (Å²) in [5.41, 5.74) is 1.79. The fourth-order valence-electron chi connectivity index (χ4n) is 2.01. The fourth-order valence-corrected chi connectivity index (χ4v) is 2.01. The van der Waals surface area contributed by atoms with E-state index in [9.17, 15) is 0 Å². The molecule has 0 saturated carbocycles. The van der Waals surface area contributed by atoms with Crippen molar-refractivity contribution in [2.75, 3.05) is 6.54 Å². The Kier molecular flexibility index (Phi) is 3.28. The average molecular weight is 250 g/mol. The topological polar surface area (TPSA) is 38.1 Å². The first-order valence-corrected chi connectivity index (χ1v) is 6.21. The van der Waals surface area contributed by atoms with Crippen LogP contribution in [0.1, 0.15) is 0 Å². The van der Waals surface area contributed by atoms with Crippen LogP contribution in [0.25, 0.3) is 21.9 Å². The smallest absolute Gasteiger partial charge is 0.182 e. The van der Waals surface area contributed by atoms with Crippen molar-refractivity contribution in [3.8, 4) is 0 Å². The Morgan fingerprint density at radius 1 is 1.05 bits per heavy atom. The van der Waals surface area contributed by atoms with Crippen molar-refractivity contribution in [2.45, 2.75) is 0 Å². The number of nitrogens with zero attached hydrogens (tertiary/aromatic N) is 1. The molecule has 0 unspecified atom stereocenters. The van der Waals surface area contributed by atoms with E-state index in [4.69, 9.17) is 4.42 Å². The number of oxazole rings is 1. The number of rotatable bonds is 0. The van der Waals surface area contributed by atoms with Gasteiger partial charge >= 0.3 is 0 Å². The van der Waals surface area contributed by atoms with Gasteiger partial charge in [-0.1, -0.05) is 42.5 Å². The number of nitrogens with one attached hydrogen (secondary N) is 1. The van der Waals surface area contributed by atoms with Gasteiger partial charge in [-0.05, 0) is 23.7 Å². The van der Waals surface area contributed by atoms with Crippen LogP contribution in [0.4, 0.5) is 0 Å². The van der Waals surface area contributed by atoms with Crippen LogP contribution in [0.2, 0.25) is 0 Å². The van der Waals surface area contributed by atoms with Crippen LogP contribution in [-0.4, -0.2) is 11.5 Å². The zero-order valence-corrected chi connectivity index (χ0v) is 10.4. The maximum Gasteiger partial charge on any atom is 0.182 e. The molecule has 1 aliphatic rings. The van der Waals surface area contributed by atoms with Crippen LogP contribution in [0.3, 0.4) is 0 Å². The molecule has 19 heavy (non-hydrogen) atoms. The van der Waals surface area contributed by atoms with Gasteiger partial charge in [-0.25, -0.2) is 4.98 Å². The van der Waals surface area contributed by atoms with Crippen molar-refractivity contribution in [3.05, 3.63) is 67.2 Å². The van der Waals surface area contributed by atoms with E-state index >= 15 is 0 Å². The molecule has 0 atom stereocenters. The second kappa shape index (κ2) is 5.40. The molecule has 94 valence electrons. The highest BCUT2D eigenvalue weighted by Crippen LogP contribution is 2.23. The normalized spacial score (nSPS) is 13.1. The Labute approximate surface area is 111 Å². The van der Waals surface area contributed by atoms with Crippen molar-refractivity contribution >= 4 is 21.9 Å². The molecule has 4 rings (SSSR count). The number of fused-ring (bicyclic) bond motifs is 3. The molecule has 0 spiro atoms. The van der Waals surface area contributed by atoms with E-state index in [1.54, 1.807) is 0 Å². The van der Waals surface area contributed by atoms with Crippen LogP contribution in [0.5, 0.6) is 0 Å². The molecule has 2 heterocycles. The monoisotopic (exact) mass is 250 g/mol. The minimum Gasteiger partial charge on any atom is -0.443 e. The van der Waals surface area contributed by atoms with Gasteiger partial charge in [-0.2, -0.15) is 0 Å². The maximum absolute atomic E-state index is 5.21. The van der Waals surface area contributed by atoms with E-state index in [1.807, 2.05) is 42.6 Å². The molecule has 1 aliphatic heterocycles. The SMILES string of the molecule is C1=CCNC=C1.c1ccc2c(c1)ccc1ocnc12. The highest BCUT2D eigenvalue weighted by atomic mass is 16.3. The van der Waals surface area contributed by atoms with E-state index in [0.29, 0.717) is 0 Å². The van der Waals surface area contributed by atoms with Crippen molar-refractivity contribution in [3.63, 3.8) is 0 Å². The van der Waals surface area contributed by atoms with Crippen molar-refractivity contribution in [1.82, 2.24) is 10.3 Å². The molecule has 0 fully saturated rings. The molecule has 1 aromatic heterocycles. The largest absolute Gasteiger partial charge is 0.443 e. The first-order chi connectivity index (χ1) is 9.45. The Morgan fingerprint density at radius 3 is 2.74 bits per heavy atom. The molecule has 0 amide bonds. The highest BCUT2D eigenvalue weighted by Gasteiger charge is 2.01. The van der Waals surface area contributed by atoms with E-state index in [0.717, 1.165) is 23.0 Å². The standard InChI is InChI=1S/C11H7NO.C5H7N/c1-2-4-9-8(3-1)5-6-10-11(9)12-7-13-10;1-2-4-6-5-3-1/h1-7H;1-4,6H,5H2. The molecular weight excluding hydrogens is 236 g/mol. The second-order valence-corrected chi connectivity index (χ2v) is 4.18. The number of hydrogen-bond donors (Lipinski definition) is 1. The zero-order valence-electron chi connectivity index (χ0n) is 10.4. The fraction of sp³-hybridized carbons (Fsp3) is 0.0625. The van der Waals surface area contributed by atoms with Gasteiger partial charge in [-0.3, -0.25) is 0 Å². The molecule has 2 aromatic carbocycles. The van der Waals surface area contributed by atoms with Gasteiger partial charge in [0.15, 0.2) is 12.0 Å². The van der Waals surface area contributed by atoms with Gasteiger partial charge in [0.25, 0.3) is 0 Å². The van der Waals surface area contributed by atoms with Gasteiger partial charge in [0.2, 0.25) is 0 Å². The summed E-state index contributed by atoms with van der Waals surface area (Å²) in [5, 5.41) is 5.36. The molecule has 3 heteroatoms. The Hall–Kier alpha value is -2.55. The quantitative estimate of drug-likeness (QED) is 0.662. The van der Waals surface area contributed by atoms with E-state index in [-0.39, 0.29) is 0 Å². The van der Waals surface area contributed by atoms with Crippen LogP contribution in [0, 0.1) is 0 Å². The maximum atomic E-state index is 5.21. The summed E-state index contributed by atoms with van der Waals surface area (Å²) in [6, 6.07) is 12.2. The Balaban J connectivity index is 0.000000155. The summed E-state index contributed by atoms with van der Waals surface area (Å²) in [7, 11) is 0. The third-order valence-corrected chi connectivity index (χ3v) is 2.92. The lowest BCUT2D eigenvalue weighted by atomic mass is 10.1. The molecule has 0 saturated heterocycles. The lowest BCUT2D eigenvalue weighted by Crippen LogP contribution is -2.05. The van der Waals surface area contributed by atoms with Crippen LogP contribution in [-0.2, 0) is 0 Å². The number of dihydropyridines is 1. The van der Waals surface area contributed by atoms with E-state index in [1.165, 1.54) is 11.8 Å². The van der Waals surface area contributed by atoms with Crippen LogP contribution >= 0.6 is 0 Å². The summed E-state index contributed by atoms with van der Waals surface area (Å²) in [6.07, 6.45) is 9.48. The third kappa shape index (κ3) is 2.50. The molecular formula is C16H14N2O. The molecule has 3 aromatic rings. The molecule has 1 N–H and O–H groups in total. The third-order valence-electron chi connectivity index (χ3n) is 2.92. The molecule has 3 nitrogen and oxygen atoms in total. The number of benzene rings is 2. The van der Waals surface area contributed by atoms with Gasteiger partial charge in [-0.15, -0.1) is 0 Å². The average Bonchev–Trinajstić information content (AvgIpc) is 2.99. The van der Waals surface area contributed by atoms with Crippen molar-refractivity contribution < 1.29 is 4.42 Å². The number of allylic oxidation sites excluding steroid dienone is 2. The number of aromatic nitrogens is 1. The van der Waals surface area contributed by atoms with Gasteiger partial charge < -0.3 is 9.73 Å². The summed E-state index contributed by atoms with van der Waals surface area (Å²) in [4.78, 5) is 4.18. The summed E-state index contributed by atoms with van der Waals surface area (Å²) >= 11 is 0. The summed E-state index contributed by atoms with van der Waals surface area (Å²) in [6.45, 7) is 0.983. The Morgan fingerprint density at radius 2 is 2.00 bits per heavy atom. The molecule has 0 bridgehead atoms. The van der Waals surface area contributed by atoms with E-state index < -0.39 is 0 Å². The van der Waals surface area contributed by atoms with Gasteiger partial charge in [0.05, 0.1) is 0 Å². The van der Waals surface area contributed by atoms with Crippen molar-refractivity contribution in [1.29, 1.82) is 0 Å². The zero-order chi connectivity index (χ0) is 12.9. The lowest BCUT2D eigenvalue weighted by molar-refractivity contribution is 0.602.